The van der Waals surface area contributed by atoms with Crippen LogP contribution in [-0.2, 0) is 0 Å². The number of pyridine rings is 2. The maximum Gasteiger partial charge on any atom is 0.166 e. The largest absolute Gasteiger partial charge is 0.493 e. The summed E-state index contributed by atoms with van der Waals surface area (Å²) >= 11 is 0. The van der Waals surface area contributed by atoms with Gasteiger partial charge in [0.05, 0.1) is 24.4 Å². The number of hydrogen-bond donors (Lipinski definition) is 1. The second-order valence-corrected chi connectivity index (χ2v) is 7.15. The molecule has 5 nitrogen and oxygen atoms in total. The van der Waals surface area contributed by atoms with Crippen LogP contribution in [0.3, 0.4) is 0 Å². The Bertz CT molecular complexity index is 1030. The molecule has 152 valence electrons. The van der Waals surface area contributed by atoms with Crippen molar-refractivity contribution in [2.45, 2.75) is 32.2 Å². The van der Waals surface area contributed by atoms with E-state index in [1.165, 1.54) is 12.3 Å². The Kier molecular flexibility index (Phi) is 5.47. The molecule has 1 aliphatic rings. The molecule has 29 heavy (non-hydrogen) atoms. The van der Waals surface area contributed by atoms with Crippen molar-refractivity contribution in [3.8, 4) is 5.75 Å². The summed E-state index contributed by atoms with van der Waals surface area (Å²) in [6.45, 7) is 3.40. The number of halogens is 2. The van der Waals surface area contributed by atoms with Crippen molar-refractivity contribution in [1.82, 2.24) is 9.97 Å². The molecule has 0 unspecified atom stereocenters. The topological polar surface area (TPSA) is 50.3 Å². The smallest absolute Gasteiger partial charge is 0.166 e. The van der Waals surface area contributed by atoms with Gasteiger partial charge in [-0.05, 0) is 49.6 Å². The third kappa shape index (κ3) is 3.69. The Labute approximate surface area is 168 Å². The zero-order valence-electron chi connectivity index (χ0n) is 16.6. The van der Waals surface area contributed by atoms with E-state index in [0.29, 0.717) is 29.1 Å². The highest BCUT2D eigenvalue weighted by Gasteiger charge is 2.30. The van der Waals surface area contributed by atoms with Gasteiger partial charge in [-0.1, -0.05) is 6.92 Å². The molecule has 1 atom stereocenters. The van der Waals surface area contributed by atoms with E-state index < -0.39 is 5.82 Å². The van der Waals surface area contributed by atoms with E-state index in [1.807, 2.05) is 19.1 Å². The number of nitrogens with zero attached hydrogens (tertiary/aromatic N) is 3. The molecule has 3 aromatic rings. The molecule has 7 heteroatoms. The molecule has 4 rings (SSSR count). The second-order valence-electron chi connectivity index (χ2n) is 7.15. The molecule has 1 saturated heterocycles. The Morgan fingerprint density at radius 2 is 2.10 bits per heavy atom. The summed E-state index contributed by atoms with van der Waals surface area (Å²) in [5.41, 5.74) is 2.25. The van der Waals surface area contributed by atoms with Gasteiger partial charge in [-0.2, -0.15) is 0 Å². The van der Waals surface area contributed by atoms with Crippen LogP contribution in [0.5, 0.6) is 5.75 Å². The van der Waals surface area contributed by atoms with E-state index in [-0.39, 0.29) is 11.9 Å². The summed E-state index contributed by atoms with van der Waals surface area (Å²) in [4.78, 5) is 11.0. The first-order valence-corrected chi connectivity index (χ1v) is 9.94. The molecule has 0 bridgehead atoms. The quantitative estimate of drug-likeness (QED) is 0.628. The third-order valence-corrected chi connectivity index (χ3v) is 5.24. The van der Waals surface area contributed by atoms with E-state index in [2.05, 4.69) is 15.2 Å². The van der Waals surface area contributed by atoms with E-state index in [9.17, 15) is 8.78 Å². The number of ether oxygens (including phenoxy) is 1. The summed E-state index contributed by atoms with van der Waals surface area (Å²) in [6, 6.07) is 8.35. The standard InChI is InChI=1S/C22H24F2N4O/c1-3-11-29-19-8-6-14(23)12-15(19)18-5-4-10-28(18)20-9-7-17-22(27-20)21(25-2)16(24)13-26-17/h6-9,12-13,18H,3-5,10-11H2,1-2H3,(H,25,26)/t18-/m1/s1. The minimum atomic E-state index is -0.442. The molecule has 1 aromatic carbocycles. The summed E-state index contributed by atoms with van der Waals surface area (Å²) in [6.07, 6.45) is 3.89. The normalized spacial score (nSPS) is 16.4. The van der Waals surface area contributed by atoms with Gasteiger partial charge < -0.3 is 15.0 Å². The van der Waals surface area contributed by atoms with Crippen LogP contribution >= 0.6 is 0 Å². The van der Waals surface area contributed by atoms with Gasteiger partial charge in [0.25, 0.3) is 0 Å². The Morgan fingerprint density at radius 3 is 2.90 bits per heavy atom. The zero-order chi connectivity index (χ0) is 20.4. The van der Waals surface area contributed by atoms with Crippen LogP contribution in [0.1, 0.15) is 37.8 Å². The van der Waals surface area contributed by atoms with Crippen molar-refractivity contribution in [2.75, 3.05) is 30.4 Å². The fraction of sp³-hybridized carbons (Fsp3) is 0.364. The van der Waals surface area contributed by atoms with E-state index in [4.69, 9.17) is 9.72 Å². The molecule has 1 aliphatic heterocycles. The molecular weight excluding hydrogens is 374 g/mol. The molecule has 3 heterocycles. The van der Waals surface area contributed by atoms with Gasteiger partial charge >= 0.3 is 0 Å². The summed E-state index contributed by atoms with van der Waals surface area (Å²) in [5, 5.41) is 2.87. The predicted molar refractivity (Wildman–Crippen MR) is 111 cm³/mol. The van der Waals surface area contributed by atoms with Crippen LogP contribution in [0.4, 0.5) is 20.3 Å². The van der Waals surface area contributed by atoms with E-state index in [0.717, 1.165) is 37.2 Å². The molecular formula is C22H24F2N4O. The Balaban J connectivity index is 1.75. The average molecular weight is 398 g/mol. The van der Waals surface area contributed by atoms with Crippen molar-refractivity contribution in [3.05, 3.63) is 53.7 Å². The minimum absolute atomic E-state index is 0.0536. The van der Waals surface area contributed by atoms with Crippen molar-refractivity contribution >= 4 is 22.5 Å². The number of nitrogens with one attached hydrogen (secondary N) is 1. The number of benzene rings is 1. The maximum atomic E-state index is 14.1. The molecule has 0 saturated carbocycles. The van der Waals surface area contributed by atoms with Gasteiger partial charge in [0.2, 0.25) is 0 Å². The number of rotatable bonds is 6. The number of aromatic nitrogens is 2. The summed E-state index contributed by atoms with van der Waals surface area (Å²) < 4.78 is 34.1. The molecule has 0 radical (unpaired) electrons. The highest BCUT2D eigenvalue weighted by atomic mass is 19.1. The monoisotopic (exact) mass is 398 g/mol. The summed E-state index contributed by atoms with van der Waals surface area (Å²) in [7, 11) is 1.66. The van der Waals surface area contributed by atoms with E-state index in [1.54, 1.807) is 19.2 Å². The molecule has 0 aliphatic carbocycles. The Morgan fingerprint density at radius 1 is 1.24 bits per heavy atom. The maximum absolute atomic E-state index is 14.1. The lowest BCUT2D eigenvalue weighted by molar-refractivity contribution is 0.311. The fourth-order valence-corrected chi connectivity index (χ4v) is 3.92. The highest BCUT2D eigenvalue weighted by Crippen LogP contribution is 2.40. The number of hydrogen-bond acceptors (Lipinski definition) is 5. The van der Waals surface area contributed by atoms with Crippen LogP contribution in [0.15, 0.2) is 36.5 Å². The van der Waals surface area contributed by atoms with Crippen molar-refractivity contribution < 1.29 is 13.5 Å². The van der Waals surface area contributed by atoms with Gasteiger partial charge in [-0.25, -0.2) is 13.8 Å². The minimum Gasteiger partial charge on any atom is -0.493 e. The first-order valence-electron chi connectivity index (χ1n) is 9.94. The molecule has 1 fully saturated rings. The van der Waals surface area contributed by atoms with Crippen LogP contribution in [0.2, 0.25) is 0 Å². The van der Waals surface area contributed by atoms with Crippen molar-refractivity contribution in [1.29, 1.82) is 0 Å². The molecule has 1 N–H and O–H groups in total. The van der Waals surface area contributed by atoms with Gasteiger partial charge in [0.15, 0.2) is 5.82 Å². The van der Waals surface area contributed by atoms with Crippen LogP contribution < -0.4 is 15.0 Å². The van der Waals surface area contributed by atoms with Gasteiger partial charge in [0.1, 0.15) is 28.6 Å². The highest BCUT2D eigenvalue weighted by molar-refractivity contribution is 5.88. The first kappa shape index (κ1) is 19.4. The molecule has 0 spiro atoms. The second kappa shape index (κ2) is 8.19. The van der Waals surface area contributed by atoms with Crippen LogP contribution in [0.25, 0.3) is 11.0 Å². The zero-order valence-corrected chi connectivity index (χ0v) is 16.6. The Hall–Kier alpha value is -2.96. The third-order valence-electron chi connectivity index (χ3n) is 5.24. The molecule has 2 aromatic heterocycles. The van der Waals surface area contributed by atoms with Crippen LogP contribution in [0, 0.1) is 11.6 Å². The molecule has 0 amide bonds. The SMILES string of the molecule is CCCOc1ccc(F)cc1[C@H]1CCCN1c1ccc2ncc(F)c(NC)c2n1. The summed E-state index contributed by atoms with van der Waals surface area (Å²) in [5.74, 6) is 0.693. The fourth-order valence-electron chi connectivity index (χ4n) is 3.92. The van der Waals surface area contributed by atoms with Gasteiger partial charge in [-0.15, -0.1) is 0 Å². The lowest BCUT2D eigenvalue weighted by Gasteiger charge is -2.28. The number of fused-ring (bicyclic) bond motifs is 1. The van der Waals surface area contributed by atoms with Crippen molar-refractivity contribution in [2.24, 2.45) is 0 Å². The van der Waals surface area contributed by atoms with Crippen molar-refractivity contribution in [3.63, 3.8) is 0 Å². The van der Waals surface area contributed by atoms with E-state index >= 15 is 0 Å². The predicted octanol–water partition coefficient (Wildman–Crippen LogP) is 5.08. The first-order chi connectivity index (χ1) is 14.1. The van der Waals surface area contributed by atoms with Gasteiger partial charge in [-0.3, -0.25) is 4.98 Å². The van der Waals surface area contributed by atoms with Gasteiger partial charge in [0, 0.05) is 19.2 Å². The lowest BCUT2D eigenvalue weighted by atomic mass is 10.0. The van der Waals surface area contributed by atoms with Crippen LogP contribution in [-0.4, -0.2) is 30.2 Å². The average Bonchev–Trinajstić information content (AvgIpc) is 3.22. The lowest BCUT2D eigenvalue weighted by Crippen LogP contribution is -2.24. The number of anilines is 2.